The standard InChI is InChI=1S/C18H23ClO3/c1-11(2)6-5-7-12(3)8-9-14-17(21)15(13(4)20)10-16(19)18(14)22/h6,8,10,21-22H,5,7,9H2,1-4H3. The Bertz CT molecular complexity index is 624. The number of phenols is 2. The molecule has 0 radical (unpaired) electrons. The SMILES string of the molecule is CC(=O)c1cc(Cl)c(O)c(CC=C(C)CCC=C(C)C)c1O. The molecule has 0 aliphatic heterocycles. The third-order valence-corrected chi connectivity index (χ3v) is 3.74. The molecule has 1 aromatic rings. The van der Waals surface area contributed by atoms with E-state index in [1.165, 1.54) is 18.6 Å². The second kappa shape index (κ2) is 8.04. The Balaban J connectivity index is 2.98. The zero-order valence-corrected chi connectivity index (χ0v) is 14.3. The van der Waals surface area contributed by atoms with Gasteiger partial charge in [-0.05, 0) is 53.0 Å². The zero-order valence-electron chi connectivity index (χ0n) is 13.5. The molecule has 0 aliphatic carbocycles. The molecule has 1 aromatic carbocycles. The van der Waals surface area contributed by atoms with Crippen LogP contribution in [0.4, 0.5) is 0 Å². The number of aromatic hydroxyl groups is 2. The summed E-state index contributed by atoms with van der Waals surface area (Å²) in [5.74, 6) is -0.648. The molecule has 4 heteroatoms. The van der Waals surface area contributed by atoms with Crippen LogP contribution in [0.2, 0.25) is 5.02 Å². The Morgan fingerprint density at radius 1 is 1.14 bits per heavy atom. The molecule has 0 bridgehead atoms. The van der Waals surface area contributed by atoms with Gasteiger partial charge in [0.2, 0.25) is 0 Å². The quantitative estimate of drug-likeness (QED) is 0.559. The van der Waals surface area contributed by atoms with Gasteiger partial charge in [-0.1, -0.05) is 34.9 Å². The number of halogens is 1. The Kier molecular flexibility index (Phi) is 6.69. The van der Waals surface area contributed by atoms with Gasteiger partial charge in [0.1, 0.15) is 11.5 Å². The number of hydrogen-bond acceptors (Lipinski definition) is 3. The molecular weight excluding hydrogens is 300 g/mol. The summed E-state index contributed by atoms with van der Waals surface area (Å²) in [6.07, 6.45) is 6.30. The summed E-state index contributed by atoms with van der Waals surface area (Å²) < 4.78 is 0. The number of benzene rings is 1. The smallest absolute Gasteiger partial charge is 0.163 e. The van der Waals surface area contributed by atoms with E-state index in [0.717, 1.165) is 18.4 Å². The minimum atomic E-state index is -0.287. The number of carbonyl (C=O) groups excluding carboxylic acids is 1. The molecule has 0 heterocycles. The van der Waals surface area contributed by atoms with E-state index in [9.17, 15) is 15.0 Å². The van der Waals surface area contributed by atoms with Crippen LogP contribution in [-0.4, -0.2) is 16.0 Å². The third kappa shape index (κ3) is 4.92. The Morgan fingerprint density at radius 3 is 2.32 bits per heavy atom. The molecule has 2 N–H and O–H groups in total. The second-order valence-electron chi connectivity index (χ2n) is 5.71. The van der Waals surface area contributed by atoms with E-state index in [1.54, 1.807) is 0 Å². The topological polar surface area (TPSA) is 57.5 Å². The Morgan fingerprint density at radius 2 is 1.77 bits per heavy atom. The fourth-order valence-electron chi connectivity index (χ4n) is 2.11. The summed E-state index contributed by atoms with van der Waals surface area (Å²) in [5, 5.41) is 20.2. The van der Waals surface area contributed by atoms with Gasteiger partial charge in [0.05, 0.1) is 10.6 Å². The number of phenolic OH excluding ortho intramolecular Hbond substituents is 2. The third-order valence-electron chi connectivity index (χ3n) is 3.45. The molecule has 0 fully saturated rings. The van der Waals surface area contributed by atoms with Crippen molar-refractivity contribution in [2.75, 3.05) is 0 Å². The van der Waals surface area contributed by atoms with Crippen molar-refractivity contribution < 1.29 is 15.0 Å². The van der Waals surface area contributed by atoms with Gasteiger partial charge in [-0.25, -0.2) is 0 Å². The van der Waals surface area contributed by atoms with E-state index in [-0.39, 0.29) is 27.9 Å². The Hall–Kier alpha value is -1.74. The summed E-state index contributed by atoms with van der Waals surface area (Å²) in [5.41, 5.74) is 2.86. The first-order chi connectivity index (χ1) is 10.2. The van der Waals surface area contributed by atoms with Crippen LogP contribution < -0.4 is 0 Å². The van der Waals surface area contributed by atoms with E-state index in [4.69, 9.17) is 11.6 Å². The highest BCUT2D eigenvalue weighted by molar-refractivity contribution is 6.32. The van der Waals surface area contributed by atoms with Crippen molar-refractivity contribution in [3.63, 3.8) is 0 Å². The van der Waals surface area contributed by atoms with Crippen LogP contribution in [-0.2, 0) is 6.42 Å². The van der Waals surface area contributed by atoms with Crippen molar-refractivity contribution in [3.8, 4) is 11.5 Å². The van der Waals surface area contributed by atoms with Crippen LogP contribution in [0.3, 0.4) is 0 Å². The van der Waals surface area contributed by atoms with E-state index in [2.05, 4.69) is 19.9 Å². The van der Waals surface area contributed by atoms with Crippen molar-refractivity contribution in [3.05, 3.63) is 45.5 Å². The molecule has 0 saturated carbocycles. The van der Waals surface area contributed by atoms with E-state index < -0.39 is 0 Å². The molecule has 0 aromatic heterocycles. The molecule has 120 valence electrons. The lowest BCUT2D eigenvalue weighted by Crippen LogP contribution is -1.97. The van der Waals surface area contributed by atoms with Gasteiger partial charge in [0.15, 0.2) is 5.78 Å². The summed E-state index contributed by atoms with van der Waals surface area (Å²) >= 11 is 5.93. The summed E-state index contributed by atoms with van der Waals surface area (Å²) in [6.45, 7) is 7.48. The number of allylic oxidation sites excluding steroid dienone is 4. The number of carbonyl (C=O) groups is 1. The zero-order chi connectivity index (χ0) is 16.9. The van der Waals surface area contributed by atoms with Gasteiger partial charge in [-0.15, -0.1) is 0 Å². The second-order valence-corrected chi connectivity index (χ2v) is 6.12. The molecule has 3 nitrogen and oxygen atoms in total. The number of Topliss-reactive ketones (excluding diaryl/α,β-unsaturated/α-hetero) is 1. The molecule has 0 saturated heterocycles. The van der Waals surface area contributed by atoms with Gasteiger partial charge < -0.3 is 10.2 Å². The van der Waals surface area contributed by atoms with Gasteiger partial charge in [-0.3, -0.25) is 4.79 Å². The first kappa shape index (κ1) is 18.3. The van der Waals surface area contributed by atoms with Gasteiger partial charge in [0, 0.05) is 5.56 Å². The molecule has 0 spiro atoms. The Labute approximate surface area is 136 Å². The van der Waals surface area contributed by atoms with Gasteiger partial charge in [0.25, 0.3) is 0 Å². The lowest BCUT2D eigenvalue weighted by atomic mass is 10.0. The highest BCUT2D eigenvalue weighted by atomic mass is 35.5. The monoisotopic (exact) mass is 322 g/mol. The van der Waals surface area contributed by atoms with Crippen LogP contribution in [0.15, 0.2) is 29.4 Å². The van der Waals surface area contributed by atoms with E-state index in [0.29, 0.717) is 12.0 Å². The predicted octanol–water partition coefficient (Wildman–Crippen LogP) is 5.19. The molecule has 22 heavy (non-hydrogen) atoms. The van der Waals surface area contributed by atoms with Crippen LogP contribution in [0.1, 0.15) is 56.5 Å². The van der Waals surface area contributed by atoms with Crippen molar-refractivity contribution in [1.29, 1.82) is 0 Å². The molecule has 0 atom stereocenters. The summed E-state index contributed by atoms with van der Waals surface area (Å²) in [4.78, 5) is 11.5. The fraction of sp³-hybridized carbons (Fsp3) is 0.389. The number of rotatable bonds is 6. The summed E-state index contributed by atoms with van der Waals surface area (Å²) in [6, 6.07) is 1.30. The maximum atomic E-state index is 11.5. The van der Waals surface area contributed by atoms with Crippen molar-refractivity contribution in [1.82, 2.24) is 0 Å². The lowest BCUT2D eigenvalue weighted by Gasteiger charge is -2.11. The van der Waals surface area contributed by atoms with Crippen LogP contribution >= 0.6 is 11.6 Å². The van der Waals surface area contributed by atoms with Crippen LogP contribution in [0.5, 0.6) is 11.5 Å². The summed E-state index contributed by atoms with van der Waals surface area (Å²) in [7, 11) is 0. The number of hydrogen-bond donors (Lipinski definition) is 2. The average Bonchev–Trinajstić information content (AvgIpc) is 2.42. The maximum Gasteiger partial charge on any atom is 0.163 e. The minimum Gasteiger partial charge on any atom is -0.507 e. The number of ketones is 1. The normalized spacial score (nSPS) is 11.4. The van der Waals surface area contributed by atoms with Crippen molar-refractivity contribution >= 4 is 17.4 Å². The highest BCUT2D eigenvalue weighted by Crippen LogP contribution is 2.38. The molecular formula is C18H23ClO3. The average molecular weight is 323 g/mol. The van der Waals surface area contributed by atoms with Crippen LogP contribution in [0, 0.1) is 0 Å². The maximum absolute atomic E-state index is 11.5. The molecule has 0 unspecified atom stereocenters. The fourth-order valence-corrected chi connectivity index (χ4v) is 2.33. The van der Waals surface area contributed by atoms with E-state index in [1.807, 2.05) is 13.0 Å². The largest absolute Gasteiger partial charge is 0.507 e. The first-order valence-electron chi connectivity index (χ1n) is 7.27. The first-order valence-corrected chi connectivity index (χ1v) is 7.65. The highest BCUT2D eigenvalue weighted by Gasteiger charge is 2.17. The van der Waals surface area contributed by atoms with Gasteiger partial charge >= 0.3 is 0 Å². The van der Waals surface area contributed by atoms with Crippen molar-refractivity contribution in [2.24, 2.45) is 0 Å². The van der Waals surface area contributed by atoms with E-state index >= 15 is 0 Å². The lowest BCUT2D eigenvalue weighted by molar-refractivity contribution is 0.101. The van der Waals surface area contributed by atoms with Crippen LogP contribution in [0.25, 0.3) is 0 Å². The van der Waals surface area contributed by atoms with Gasteiger partial charge in [-0.2, -0.15) is 0 Å². The molecule has 1 rings (SSSR count). The predicted molar refractivity (Wildman–Crippen MR) is 90.9 cm³/mol. The van der Waals surface area contributed by atoms with Crippen molar-refractivity contribution in [2.45, 2.75) is 47.0 Å². The molecule has 0 amide bonds. The molecule has 0 aliphatic rings. The minimum absolute atomic E-state index is 0.0774.